The normalized spacial score (nSPS) is 15.3. The molecule has 1 aliphatic carbocycles. The molecule has 0 N–H and O–H groups in total. The number of hydrogen-bond acceptors (Lipinski definition) is 2. The number of aryl methyl sites for hydroxylation is 1. The third-order valence-electron chi connectivity index (χ3n) is 4.31. The first-order valence-corrected chi connectivity index (χ1v) is 8.12. The number of benzene rings is 1. The molecule has 0 atom stereocenters. The van der Waals surface area contributed by atoms with Crippen LogP contribution in [0.1, 0.15) is 31.2 Å². The molecule has 0 aliphatic heterocycles. The molecule has 21 heavy (non-hydrogen) atoms. The van der Waals surface area contributed by atoms with Gasteiger partial charge < -0.3 is 4.57 Å². The summed E-state index contributed by atoms with van der Waals surface area (Å²) in [6.45, 7) is 6.91. The minimum atomic E-state index is -0.207. The third kappa shape index (κ3) is 2.92. The second kappa shape index (κ2) is 5.93. The molecule has 1 aromatic heterocycles. The van der Waals surface area contributed by atoms with Crippen molar-refractivity contribution < 1.29 is 4.39 Å². The number of fused-ring (bicyclic) bond motifs is 1. The predicted octanol–water partition coefficient (Wildman–Crippen LogP) is 3.71. The van der Waals surface area contributed by atoms with Crippen LogP contribution in [0.4, 0.5) is 4.39 Å². The fourth-order valence-electron chi connectivity index (χ4n) is 2.92. The second-order valence-corrected chi connectivity index (χ2v) is 6.03. The minimum absolute atomic E-state index is 0.207. The fourth-order valence-corrected chi connectivity index (χ4v) is 3.12. The highest BCUT2D eigenvalue weighted by Crippen LogP contribution is 2.27. The summed E-state index contributed by atoms with van der Waals surface area (Å²) in [7, 11) is 0. The van der Waals surface area contributed by atoms with Gasteiger partial charge in [-0.15, -0.1) is 11.6 Å². The molecule has 0 unspecified atom stereocenters. The number of imidazole rings is 1. The Hall–Kier alpha value is -1.13. The summed E-state index contributed by atoms with van der Waals surface area (Å²) in [5, 5.41) is 0. The summed E-state index contributed by atoms with van der Waals surface area (Å²) in [5.41, 5.74) is 2.33. The van der Waals surface area contributed by atoms with Crippen LogP contribution in [0.25, 0.3) is 11.0 Å². The van der Waals surface area contributed by atoms with Gasteiger partial charge in [0.1, 0.15) is 11.6 Å². The van der Waals surface area contributed by atoms with Crippen molar-refractivity contribution in [3.63, 3.8) is 0 Å². The Morgan fingerprint density at radius 3 is 2.81 bits per heavy atom. The Labute approximate surface area is 129 Å². The molecule has 1 aliphatic rings. The van der Waals surface area contributed by atoms with Crippen LogP contribution in [0.3, 0.4) is 0 Å². The van der Waals surface area contributed by atoms with Gasteiger partial charge in [0.05, 0.1) is 16.9 Å². The number of halogens is 2. The molecule has 0 saturated heterocycles. The molecule has 0 amide bonds. The van der Waals surface area contributed by atoms with Crippen molar-refractivity contribution in [1.29, 1.82) is 0 Å². The van der Waals surface area contributed by atoms with Gasteiger partial charge in [-0.3, -0.25) is 4.90 Å². The van der Waals surface area contributed by atoms with Gasteiger partial charge in [-0.25, -0.2) is 9.37 Å². The molecule has 2 aromatic rings. The van der Waals surface area contributed by atoms with Gasteiger partial charge in [0, 0.05) is 25.2 Å². The molecule has 5 heteroatoms. The summed E-state index contributed by atoms with van der Waals surface area (Å²) >= 11 is 6.02. The summed E-state index contributed by atoms with van der Waals surface area (Å²) < 4.78 is 15.8. The molecule has 1 fully saturated rings. The zero-order valence-corrected chi connectivity index (χ0v) is 13.3. The number of aromatic nitrogens is 2. The van der Waals surface area contributed by atoms with Crippen LogP contribution in [-0.4, -0.2) is 33.6 Å². The highest BCUT2D eigenvalue weighted by Gasteiger charge is 2.27. The highest BCUT2D eigenvalue weighted by molar-refractivity contribution is 6.16. The summed E-state index contributed by atoms with van der Waals surface area (Å²) in [6.07, 6.45) is 2.62. The van der Waals surface area contributed by atoms with E-state index in [1.165, 1.54) is 18.9 Å². The van der Waals surface area contributed by atoms with Gasteiger partial charge in [0.2, 0.25) is 0 Å². The number of rotatable bonds is 6. The first-order valence-electron chi connectivity index (χ1n) is 7.59. The molecule has 3 nitrogen and oxygen atoms in total. The molecule has 1 aromatic carbocycles. The lowest BCUT2D eigenvalue weighted by Gasteiger charge is -2.20. The van der Waals surface area contributed by atoms with E-state index in [4.69, 9.17) is 11.6 Å². The average molecular weight is 310 g/mol. The van der Waals surface area contributed by atoms with Crippen molar-refractivity contribution in [1.82, 2.24) is 14.5 Å². The molecular weight excluding hydrogens is 289 g/mol. The van der Waals surface area contributed by atoms with Crippen LogP contribution in [0.2, 0.25) is 0 Å². The molecular formula is C16H21ClFN3. The van der Waals surface area contributed by atoms with Gasteiger partial charge in [0.25, 0.3) is 0 Å². The summed E-state index contributed by atoms with van der Waals surface area (Å²) in [6, 6.07) is 4.14. The van der Waals surface area contributed by atoms with E-state index in [9.17, 15) is 4.39 Å². The number of alkyl halides is 1. The van der Waals surface area contributed by atoms with Crippen LogP contribution in [0, 0.1) is 12.7 Å². The lowest BCUT2D eigenvalue weighted by Crippen LogP contribution is -2.29. The van der Waals surface area contributed by atoms with Gasteiger partial charge >= 0.3 is 0 Å². The zero-order chi connectivity index (χ0) is 15.0. The molecule has 1 heterocycles. The Balaban J connectivity index is 1.90. The first-order chi connectivity index (χ1) is 10.1. The number of likely N-dealkylation sites (N-methyl/N-ethyl adjacent to an activating group) is 1. The van der Waals surface area contributed by atoms with Gasteiger partial charge in [-0.1, -0.05) is 6.92 Å². The molecule has 114 valence electrons. The summed E-state index contributed by atoms with van der Waals surface area (Å²) in [4.78, 5) is 6.97. The molecule has 3 rings (SSSR count). The molecule has 0 radical (unpaired) electrons. The van der Waals surface area contributed by atoms with Crippen LogP contribution < -0.4 is 0 Å². The minimum Gasteiger partial charge on any atom is -0.326 e. The zero-order valence-electron chi connectivity index (χ0n) is 12.6. The van der Waals surface area contributed by atoms with E-state index in [1.807, 2.05) is 6.07 Å². The van der Waals surface area contributed by atoms with E-state index in [-0.39, 0.29) is 5.82 Å². The largest absolute Gasteiger partial charge is 0.326 e. The topological polar surface area (TPSA) is 21.1 Å². The predicted molar refractivity (Wildman–Crippen MR) is 84.3 cm³/mol. The molecule has 1 saturated carbocycles. The van der Waals surface area contributed by atoms with Crippen molar-refractivity contribution >= 4 is 22.6 Å². The Bertz CT molecular complexity index is 648. The third-order valence-corrected chi connectivity index (χ3v) is 4.55. The van der Waals surface area contributed by atoms with Crippen molar-refractivity contribution in [2.24, 2.45) is 0 Å². The lowest BCUT2D eigenvalue weighted by molar-refractivity contribution is 0.266. The van der Waals surface area contributed by atoms with Crippen LogP contribution in [-0.2, 0) is 12.4 Å². The monoisotopic (exact) mass is 309 g/mol. The van der Waals surface area contributed by atoms with E-state index in [2.05, 4.69) is 21.4 Å². The van der Waals surface area contributed by atoms with Gasteiger partial charge in [0.15, 0.2) is 0 Å². The molecule has 0 bridgehead atoms. The van der Waals surface area contributed by atoms with Crippen molar-refractivity contribution in [3.8, 4) is 0 Å². The van der Waals surface area contributed by atoms with Gasteiger partial charge in [-0.2, -0.15) is 0 Å². The van der Waals surface area contributed by atoms with E-state index < -0.39 is 0 Å². The van der Waals surface area contributed by atoms with E-state index in [1.54, 1.807) is 6.92 Å². The maximum absolute atomic E-state index is 13.7. The van der Waals surface area contributed by atoms with Crippen LogP contribution in [0.5, 0.6) is 0 Å². The van der Waals surface area contributed by atoms with E-state index >= 15 is 0 Å². The van der Waals surface area contributed by atoms with Crippen LogP contribution in [0.15, 0.2) is 12.1 Å². The van der Waals surface area contributed by atoms with Crippen molar-refractivity contribution in [3.05, 3.63) is 29.3 Å². The highest BCUT2D eigenvalue weighted by atomic mass is 35.5. The Morgan fingerprint density at radius 2 is 2.19 bits per heavy atom. The van der Waals surface area contributed by atoms with Crippen molar-refractivity contribution in [2.45, 2.75) is 45.2 Å². The maximum atomic E-state index is 13.7. The SMILES string of the molecule is CCN(CCn1c(CCl)nc2cc(F)c(C)cc21)C1CC1. The summed E-state index contributed by atoms with van der Waals surface area (Å²) in [5.74, 6) is 0.968. The first kappa shape index (κ1) is 14.8. The lowest BCUT2D eigenvalue weighted by atomic mass is 10.2. The Kier molecular flexibility index (Phi) is 4.18. The quantitative estimate of drug-likeness (QED) is 0.759. The fraction of sp³-hybridized carbons (Fsp3) is 0.562. The van der Waals surface area contributed by atoms with E-state index in [0.717, 1.165) is 37.0 Å². The van der Waals surface area contributed by atoms with Crippen molar-refractivity contribution in [2.75, 3.05) is 13.1 Å². The average Bonchev–Trinajstić information content (AvgIpc) is 3.25. The second-order valence-electron chi connectivity index (χ2n) is 5.76. The maximum Gasteiger partial charge on any atom is 0.128 e. The standard InChI is InChI=1S/C16H21ClFN3/c1-3-20(12-4-5-12)6-7-21-15-8-11(2)13(18)9-14(15)19-16(21)10-17/h8-9,12H,3-7,10H2,1-2H3. The van der Waals surface area contributed by atoms with Crippen LogP contribution >= 0.6 is 11.6 Å². The van der Waals surface area contributed by atoms with E-state index in [0.29, 0.717) is 17.0 Å². The van der Waals surface area contributed by atoms with Gasteiger partial charge in [-0.05, 0) is 37.9 Å². The smallest absolute Gasteiger partial charge is 0.128 e. The Morgan fingerprint density at radius 1 is 1.43 bits per heavy atom. The number of nitrogens with zero attached hydrogens (tertiary/aromatic N) is 3. The molecule has 0 spiro atoms. The number of hydrogen-bond donors (Lipinski definition) is 0.